The summed E-state index contributed by atoms with van der Waals surface area (Å²) < 4.78 is 0. The van der Waals surface area contributed by atoms with Crippen molar-refractivity contribution in [2.75, 3.05) is 13.1 Å². The minimum absolute atomic E-state index is 0. The smallest absolute Gasteiger partial charge is 0.0451 e. The molecule has 18 heavy (non-hydrogen) atoms. The molecule has 1 aliphatic rings. The lowest BCUT2D eigenvalue weighted by Crippen LogP contribution is -2.30. The Balaban J connectivity index is 0.00000162. The molecule has 0 saturated carbocycles. The normalized spacial score (nSPS) is 21.6. The summed E-state index contributed by atoms with van der Waals surface area (Å²) in [5.41, 5.74) is 1.98. The van der Waals surface area contributed by atoms with Crippen LogP contribution < -0.4 is 0 Å². The second kappa shape index (κ2) is 5.40. The van der Waals surface area contributed by atoms with Crippen LogP contribution in [0.5, 0.6) is 0 Å². The van der Waals surface area contributed by atoms with E-state index in [1.165, 1.54) is 5.56 Å². The minimum Gasteiger partial charge on any atom is -0.298 e. The zero-order valence-electron chi connectivity index (χ0n) is 11.7. The molecule has 1 saturated heterocycles. The lowest BCUT2D eigenvalue weighted by molar-refractivity contribution is 0.184. The molecule has 0 aromatic heterocycles. The first kappa shape index (κ1) is 15.8. The van der Waals surface area contributed by atoms with Gasteiger partial charge in [-0.2, -0.15) is 0 Å². The first-order valence-electron chi connectivity index (χ1n) is 6.28. The molecule has 1 aromatic carbocycles. The van der Waals surface area contributed by atoms with E-state index >= 15 is 0 Å². The molecule has 0 atom stereocenters. The largest absolute Gasteiger partial charge is 0.298 e. The summed E-state index contributed by atoms with van der Waals surface area (Å²) in [5, 5.41) is 0.884. The molecule has 1 aliphatic heterocycles. The van der Waals surface area contributed by atoms with Crippen molar-refractivity contribution in [1.82, 2.24) is 4.90 Å². The van der Waals surface area contributed by atoms with Crippen molar-refractivity contribution in [1.29, 1.82) is 0 Å². The highest BCUT2D eigenvalue weighted by atomic mass is 35.5. The van der Waals surface area contributed by atoms with Crippen LogP contribution >= 0.6 is 24.0 Å². The standard InChI is InChI=1S/C15H22ClN.ClH/c1-14(2)10-17(11-15(14,3)4)9-12-7-5-6-8-13(12)16;/h5-8H,9-11H2,1-4H3;1H. The van der Waals surface area contributed by atoms with E-state index in [4.69, 9.17) is 11.6 Å². The summed E-state index contributed by atoms with van der Waals surface area (Å²) in [6.45, 7) is 12.7. The van der Waals surface area contributed by atoms with Gasteiger partial charge in [0.25, 0.3) is 0 Å². The topological polar surface area (TPSA) is 3.24 Å². The number of benzene rings is 1. The van der Waals surface area contributed by atoms with Gasteiger partial charge < -0.3 is 0 Å². The Labute approximate surface area is 122 Å². The van der Waals surface area contributed by atoms with Crippen LogP contribution in [0.25, 0.3) is 0 Å². The summed E-state index contributed by atoms with van der Waals surface area (Å²) in [6, 6.07) is 8.15. The van der Waals surface area contributed by atoms with Crippen LogP contribution in [0.1, 0.15) is 33.3 Å². The lowest BCUT2D eigenvalue weighted by Gasteiger charge is -2.33. The number of nitrogens with zero attached hydrogens (tertiary/aromatic N) is 1. The summed E-state index contributed by atoms with van der Waals surface area (Å²) in [4.78, 5) is 2.52. The molecule has 1 aromatic rings. The Hall–Kier alpha value is -0.240. The highest BCUT2D eigenvalue weighted by molar-refractivity contribution is 6.31. The molecule has 0 bridgehead atoms. The van der Waals surface area contributed by atoms with E-state index in [0.29, 0.717) is 10.8 Å². The molecule has 2 rings (SSSR count). The maximum Gasteiger partial charge on any atom is 0.0451 e. The third-order valence-electron chi connectivity index (χ3n) is 4.42. The van der Waals surface area contributed by atoms with E-state index < -0.39 is 0 Å². The molecule has 0 aliphatic carbocycles. The van der Waals surface area contributed by atoms with Gasteiger partial charge in [0.1, 0.15) is 0 Å². The fourth-order valence-corrected chi connectivity index (χ4v) is 2.78. The van der Waals surface area contributed by atoms with Crippen LogP contribution in [0.4, 0.5) is 0 Å². The van der Waals surface area contributed by atoms with Gasteiger partial charge in [0.2, 0.25) is 0 Å². The van der Waals surface area contributed by atoms with E-state index in [2.05, 4.69) is 44.7 Å². The highest BCUT2D eigenvalue weighted by Crippen LogP contribution is 2.45. The Bertz CT molecular complexity index is 397. The zero-order chi connectivity index (χ0) is 12.7. The number of hydrogen-bond donors (Lipinski definition) is 0. The first-order chi connectivity index (χ1) is 7.82. The Kier molecular flexibility index (Phi) is 4.75. The molecule has 1 heterocycles. The van der Waals surface area contributed by atoms with Gasteiger partial charge in [-0.05, 0) is 22.5 Å². The third kappa shape index (κ3) is 3.01. The van der Waals surface area contributed by atoms with Crippen molar-refractivity contribution in [3.8, 4) is 0 Å². The van der Waals surface area contributed by atoms with E-state index in [1.54, 1.807) is 0 Å². The summed E-state index contributed by atoms with van der Waals surface area (Å²) >= 11 is 6.22. The van der Waals surface area contributed by atoms with Crippen molar-refractivity contribution >= 4 is 24.0 Å². The number of hydrogen-bond acceptors (Lipinski definition) is 1. The third-order valence-corrected chi connectivity index (χ3v) is 4.79. The molecule has 0 radical (unpaired) electrons. The summed E-state index contributed by atoms with van der Waals surface area (Å²) in [7, 11) is 0. The van der Waals surface area contributed by atoms with Crippen LogP contribution in [0, 0.1) is 10.8 Å². The maximum atomic E-state index is 6.22. The summed E-state index contributed by atoms with van der Waals surface area (Å²) in [6.07, 6.45) is 0. The molecule has 1 nitrogen and oxygen atoms in total. The van der Waals surface area contributed by atoms with Gasteiger partial charge in [-0.25, -0.2) is 0 Å². The Morgan fingerprint density at radius 1 is 1.06 bits per heavy atom. The monoisotopic (exact) mass is 287 g/mol. The Morgan fingerprint density at radius 2 is 1.56 bits per heavy atom. The number of likely N-dealkylation sites (tertiary alicyclic amines) is 1. The van der Waals surface area contributed by atoms with Crippen LogP contribution in [0.2, 0.25) is 5.02 Å². The van der Waals surface area contributed by atoms with Crippen molar-refractivity contribution in [2.45, 2.75) is 34.2 Å². The van der Waals surface area contributed by atoms with Gasteiger partial charge in [0, 0.05) is 24.7 Å². The molecule has 0 spiro atoms. The minimum atomic E-state index is 0. The predicted octanol–water partition coefficient (Wildman–Crippen LogP) is 4.63. The zero-order valence-corrected chi connectivity index (χ0v) is 13.2. The lowest BCUT2D eigenvalue weighted by atomic mass is 9.71. The van der Waals surface area contributed by atoms with Gasteiger partial charge in [0.15, 0.2) is 0 Å². The van der Waals surface area contributed by atoms with Crippen molar-refractivity contribution < 1.29 is 0 Å². The van der Waals surface area contributed by atoms with Crippen LogP contribution in [-0.4, -0.2) is 18.0 Å². The molecule has 0 amide bonds. The van der Waals surface area contributed by atoms with Crippen LogP contribution in [0.15, 0.2) is 24.3 Å². The van der Waals surface area contributed by atoms with Gasteiger partial charge in [0.05, 0.1) is 0 Å². The van der Waals surface area contributed by atoms with E-state index in [1.807, 2.05) is 12.1 Å². The molecule has 0 unspecified atom stereocenters. The predicted molar refractivity (Wildman–Crippen MR) is 81.5 cm³/mol. The molecular formula is C15H23Cl2N. The van der Waals surface area contributed by atoms with E-state index in [9.17, 15) is 0 Å². The summed E-state index contributed by atoms with van der Waals surface area (Å²) in [5.74, 6) is 0. The fraction of sp³-hybridized carbons (Fsp3) is 0.600. The second-order valence-corrected chi connectivity index (χ2v) is 6.91. The van der Waals surface area contributed by atoms with Gasteiger partial charge in [-0.15, -0.1) is 12.4 Å². The highest BCUT2D eigenvalue weighted by Gasteiger charge is 2.45. The molecule has 0 N–H and O–H groups in total. The number of rotatable bonds is 2. The average molecular weight is 288 g/mol. The second-order valence-electron chi connectivity index (χ2n) is 6.50. The van der Waals surface area contributed by atoms with E-state index in [0.717, 1.165) is 24.7 Å². The van der Waals surface area contributed by atoms with Crippen molar-refractivity contribution in [3.05, 3.63) is 34.9 Å². The van der Waals surface area contributed by atoms with Crippen LogP contribution in [0.3, 0.4) is 0 Å². The number of halogens is 2. The van der Waals surface area contributed by atoms with Gasteiger partial charge >= 0.3 is 0 Å². The quantitative estimate of drug-likeness (QED) is 0.767. The maximum absolute atomic E-state index is 6.22. The molecule has 3 heteroatoms. The van der Waals surface area contributed by atoms with Gasteiger partial charge in [-0.3, -0.25) is 4.90 Å². The first-order valence-corrected chi connectivity index (χ1v) is 6.65. The average Bonchev–Trinajstić information content (AvgIpc) is 2.39. The Morgan fingerprint density at radius 3 is 2.06 bits per heavy atom. The van der Waals surface area contributed by atoms with Crippen LogP contribution in [-0.2, 0) is 6.54 Å². The van der Waals surface area contributed by atoms with E-state index in [-0.39, 0.29) is 12.4 Å². The van der Waals surface area contributed by atoms with Crippen molar-refractivity contribution in [3.63, 3.8) is 0 Å². The van der Waals surface area contributed by atoms with Gasteiger partial charge in [-0.1, -0.05) is 57.5 Å². The molecular weight excluding hydrogens is 265 g/mol. The molecule has 1 fully saturated rings. The molecule has 102 valence electrons. The fourth-order valence-electron chi connectivity index (χ4n) is 2.58. The van der Waals surface area contributed by atoms with Crippen molar-refractivity contribution in [2.24, 2.45) is 10.8 Å². The SMILES string of the molecule is CC1(C)CN(Cc2ccccc2Cl)CC1(C)C.Cl.